The largest absolute Gasteiger partial charge is 0.351 e. The van der Waals surface area contributed by atoms with Gasteiger partial charge in [-0.05, 0) is 0 Å². The van der Waals surface area contributed by atoms with E-state index < -0.39 is 0 Å². The third kappa shape index (κ3) is 11.9. The lowest BCUT2D eigenvalue weighted by Gasteiger charge is -1.91. The van der Waals surface area contributed by atoms with Gasteiger partial charge in [-0.15, -0.1) is 0 Å². The summed E-state index contributed by atoms with van der Waals surface area (Å²) in [5.74, 6) is -0.330. The van der Waals surface area contributed by atoms with Crippen LogP contribution < -0.4 is 10.6 Å². The molecule has 0 saturated heterocycles. The Labute approximate surface area is 87.8 Å². The van der Waals surface area contributed by atoms with Gasteiger partial charge >= 0.3 is 0 Å². The van der Waals surface area contributed by atoms with Crippen molar-refractivity contribution >= 4 is 11.8 Å². The molecular formula is C9H14N4O2. The van der Waals surface area contributed by atoms with Crippen molar-refractivity contribution in [2.75, 3.05) is 0 Å². The van der Waals surface area contributed by atoms with Crippen LogP contribution in [0.1, 0.15) is 13.8 Å². The first-order valence-electron chi connectivity index (χ1n) is 4.25. The van der Waals surface area contributed by atoms with Gasteiger partial charge in [-0.2, -0.15) is 0 Å². The minimum atomic E-state index is -0.165. The smallest absolute Gasteiger partial charge is 0.220 e. The predicted molar refractivity (Wildman–Crippen MR) is 55.4 cm³/mol. The number of nitrogens with zero attached hydrogens (tertiary/aromatic N) is 1. The summed E-state index contributed by atoms with van der Waals surface area (Å²) in [6.07, 6.45) is 7.81. The summed E-state index contributed by atoms with van der Waals surface area (Å²) in [5.41, 5.74) is 0. The van der Waals surface area contributed by atoms with Crippen molar-refractivity contribution in [1.82, 2.24) is 20.6 Å². The maximum atomic E-state index is 10.2. The fourth-order valence-corrected chi connectivity index (χ4v) is 0.533. The molecule has 0 radical (unpaired) electrons. The average Bonchev–Trinajstić information content (AvgIpc) is 2.69. The Balaban J connectivity index is 0.000000322. The number of imidazole rings is 1. The highest BCUT2D eigenvalue weighted by Gasteiger charge is 1.83. The summed E-state index contributed by atoms with van der Waals surface area (Å²) < 4.78 is 0. The van der Waals surface area contributed by atoms with Gasteiger partial charge in [0, 0.05) is 38.6 Å². The molecule has 0 atom stereocenters. The second kappa shape index (κ2) is 8.49. The number of carbonyl (C=O) groups is 2. The Morgan fingerprint density at radius 1 is 1.20 bits per heavy atom. The molecule has 15 heavy (non-hydrogen) atoms. The molecule has 0 unspecified atom stereocenters. The summed E-state index contributed by atoms with van der Waals surface area (Å²) in [4.78, 5) is 26.8. The van der Waals surface area contributed by atoms with Gasteiger partial charge in [-0.3, -0.25) is 9.59 Å². The number of carbonyl (C=O) groups excluding carboxylic acids is 2. The third-order valence-corrected chi connectivity index (χ3v) is 1.06. The number of aromatic nitrogens is 2. The first-order valence-corrected chi connectivity index (χ1v) is 4.25. The molecule has 2 amide bonds. The zero-order valence-electron chi connectivity index (χ0n) is 8.65. The van der Waals surface area contributed by atoms with Crippen LogP contribution in [0.5, 0.6) is 0 Å². The maximum absolute atomic E-state index is 10.2. The molecule has 1 rings (SSSR count). The van der Waals surface area contributed by atoms with Crippen LogP contribution in [0, 0.1) is 0 Å². The fraction of sp³-hybridized carbons (Fsp3) is 0.222. The average molecular weight is 210 g/mol. The number of rotatable bonds is 2. The summed E-state index contributed by atoms with van der Waals surface area (Å²) in [5, 5.41) is 4.73. The van der Waals surface area contributed by atoms with Gasteiger partial charge < -0.3 is 15.6 Å². The van der Waals surface area contributed by atoms with Crippen molar-refractivity contribution in [3.8, 4) is 0 Å². The maximum Gasteiger partial charge on any atom is 0.220 e. The Hall–Kier alpha value is -2.11. The lowest BCUT2D eigenvalue weighted by Crippen LogP contribution is -2.16. The first-order chi connectivity index (χ1) is 7.13. The number of hydrogen-bond acceptors (Lipinski definition) is 3. The monoisotopic (exact) mass is 210 g/mol. The van der Waals surface area contributed by atoms with Crippen LogP contribution >= 0.6 is 0 Å². The van der Waals surface area contributed by atoms with Crippen LogP contribution in [0.4, 0.5) is 0 Å². The number of hydrogen-bond donors (Lipinski definition) is 3. The lowest BCUT2D eigenvalue weighted by molar-refractivity contribution is -0.119. The third-order valence-electron chi connectivity index (χ3n) is 1.06. The van der Waals surface area contributed by atoms with Gasteiger partial charge in [0.2, 0.25) is 11.8 Å². The van der Waals surface area contributed by atoms with Crippen LogP contribution in [0.15, 0.2) is 31.1 Å². The van der Waals surface area contributed by atoms with E-state index in [0.29, 0.717) is 0 Å². The first kappa shape index (κ1) is 12.9. The van der Waals surface area contributed by atoms with Crippen molar-refractivity contribution in [3.05, 3.63) is 31.1 Å². The number of H-pyrrole nitrogens is 1. The van der Waals surface area contributed by atoms with E-state index in [-0.39, 0.29) is 11.8 Å². The van der Waals surface area contributed by atoms with E-state index in [0.717, 1.165) is 0 Å². The number of aromatic amines is 1. The molecule has 0 aliphatic rings. The summed E-state index contributed by atoms with van der Waals surface area (Å²) >= 11 is 0. The van der Waals surface area contributed by atoms with E-state index in [1.165, 1.54) is 26.2 Å². The highest BCUT2D eigenvalue weighted by molar-refractivity contribution is 5.75. The molecule has 82 valence electrons. The number of nitrogens with one attached hydrogen (secondary N) is 3. The summed E-state index contributed by atoms with van der Waals surface area (Å²) in [7, 11) is 0. The van der Waals surface area contributed by atoms with Crippen LogP contribution in [0.25, 0.3) is 0 Å². The van der Waals surface area contributed by atoms with Crippen molar-refractivity contribution in [2.24, 2.45) is 0 Å². The van der Waals surface area contributed by atoms with Crippen molar-refractivity contribution in [2.45, 2.75) is 13.8 Å². The van der Waals surface area contributed by atoms with Crippen molar-refractivity contribution < 1.29 is 9.59 Å². The zero-order valence-corrected chi connectivity index (χ0v) is 8.65. The van der Waals surface area contributed by atoms with Crippen LogP contribution in [-0.2, 0) is 9.59 Å². The molecular weight excluding hydrogens is 196 g/mol. The second-order valence-corrected chi connectivity index (χ2v) is 2.49. The van der Waals surface area contributed by atoms with Crippen LogP contribution in [0.3, 0.4) is 0 Å². The molecule has 0 aliphatic heterocycles. The Morgan fingerprint density at radius 3 is 1.93 bits per heavy atom. The quantitative estimate of drug-likeness (QED) is 0.648. The van der Waals surface area contributed by atoms with Crippen LogP contribution in [0.2, 0.25) is 0 Å². The molecule has 0 spiro atoms. The van der Waals surface area contributed by atoms with Gasteiger partial charge in [-0.1, -0.05) is 0 Å². The molecule has 0 bridgehead atoms. The van der Waals surface area contributed by atoms with Gasteiger partial charge in [-0.25, -0.2) is 4.98 Å². The van der Waals surface area contributed by atoms with E-state index >= 15 is 0 Å². The SMILES string of the molecule is CC(=O)N/C=C\NC(C)=O.c1c[nH]cn1. The molecule has 6 heteroatoms. The lowest BCUT2D eigenvalue weighted by atomic mass is 10.6. The predicted octanol–water partition coefficient (Wildman–Crippen LogP) is 0.139. The summed E-state index contributed by atoms with van der Waals surface area (Å²) in [6, 6.07) is 0. The number of amides is 2. The molecule has 0 aromatic carbocycles. The fourth-order valence-electron chi connectivity index (χ4n) is 0.533. The second-order valence-electron chi connectivity index (χ2n) is 2.49. The molecule has 1 aromatic heterocycles. The zero-order chi connectivity index (χ0) is 11.5. The normalized spacial score (nSPS) is 8.93. The molecule has 0 aliphatic carbocycles. The van der Waals surface area contributed by atoms with E-state index in [1.54, 1.807) is 18.7 Å². The van der Waals surface area contributed by atoms with E-state index in [1.807, 2.05) is 0 Å². The van der Waals surface area contributed by atoms with Crippen molar-refractivity contribution in [1.29, 1.82) is 0 Å². The molecule has 6 nitrogen and oxygen atoms in total. The van der Waals surface area contributed by atoms with Gasteiger partial charge in [0.15, 0.2) is 0 Å². The van der Waals surface area contributed by atoms with E-state index in [2.05, 4.69) is 20.6 Å². The Bertz CT molecular complexity index is 271. The molecule has 0 fully saturated rings. The van der Waals surface area contributed by atoms with Gasteiger partial charge in [0.1, 0.15) is 0 Å². The van der Waals surface area contributed by atoms with Crippen LogP contribution in [-0.4, -0.2) is 21.8 Å². The Morgan fingerprint density at radius 2 is 1.73 bits per heavy atom. The highest BCUT2D eigenvalue weighted by atomic mass is 16.2. The minimum absolute atomic E-state index is 0.165. The minimum Gasteiger partial charge on any atom is -0.351 e. The molecule has 0 saturated carbocycles. The van der Waals surface area contributed by atoms with Gasteiger partial charge in [0.25, 0.3) is 0 Å². The van der Waals surface area contributed by atoms with Gasteiger partial charge in [0.05, 0.1) is 6.33 Å². The Kier molecular flexibility index (Phi) is 7.29. The standard InChI is InChI=1S/C6H10N2O2.C3H4N2/c1-5(9)7-3-4-8-6(2)10;1-2-5-3-4-1/h3-4H,1-2H3,(H,7,9)(H,8,10);1-3H,(H,4,5)/b4-3-;. The van der Waals surface area contributed by atoms with E-state index in [4.69, 9.17) is 0 Å². The van der Waals surface area contributed by atoms with Crippen molar-refractivity contribution in [3.63, 3.8) is 0 Å². The highest BCUT2D eigenvalue weighted by Crippen LogP contribution is 1.64. The van der Waals surface area contributed by atoms with E-state index in [9.17, 15) is 9.59 Å². The molecule has 1 aromatic rings. The topological polar surface area (TPSA) is 86.9 Å². The molecule has 3 N–H and O–H groups in total. The molecule has 1 heterocycles. The summed E-state index contributed by atoms with van der Waals surface area (Å²) in [6.45, 7) is 2.77.